The first kappa shape index (κ1) is 24.8. The lowest BCUT2D eigenvalue weighted by molar-refractivity contribution is 0.0933. The number of hydrazine groups is 1. The summed E-state index contributed by atoms with van der Waals surface area (Å²) >= 11 is 0.955. The number of fused-ring (bicyclic) bond motifs is 1. The van der Waals surface area contributed by atoms with Gasteiger partial charge >= 0.3 is 6.09 Å². The van der Waals surface area contributed by atoms with E-state index in [0.29, 0.717) is 0 Å². The highest BCUT2D eigenvalue weighted by atomic mass is 32.2. The molecule has 0 spiro atoms. The summed E-state index contributed by atoms with van der Waals surface area (Å²) in [5.74, 6) is -2.12. The SMILES string of the molecule is CCOC(=O)N1CCN(S(=O)(=O)c2ccc(C(=O)NNc3nc4c(F)cc(F)cc4s3)cc2)CC1. The van der Waals surface area contributed by atoms with Crippen molar-refractivity contribution in [3.05, 3.63) is 53.6 Å². The minimum absolute atomic E-state index is 0.00951. The Morgan fingerprint density at radius 1 is 1.11 bits per heavy atom. The molecule has 2 N–H and O–H groups in total. The van der Waals surface area contributed by atoms with Crippen molar-refractivity contribution in [3.63, 3.8) is 0 Å². The number of amides is 2. The summed E-state index contributed by atoms with van der Waals surface area (Å²) < 4.78 is 59.5. The molecule has 3 aromatic rings. The van der Waals surface area contributed by atoms with Gasteiger partial charge < -0.3 is 9.64 Å². The number of ether oxygens (including phenoxy) is 1. The first-order valence-corrected chi connectivity index (χ1v) is 12.8. The van der Waals surface area contributed by atoms with E-state index in [4.69, 9.17) is 4.74 Å². The molecule has 1 aromatic heterocycles. The summed E-state index contributed by atoms with van der Waals surface area (Å²) in [5.41, 5.74) is 5.08. The lowest BCUT2D eigenvalue weighted by atomic mass is 10.2. The number of nitrogens with zero attached hydrogens (tertiary/aromatic N) is 3. The highest BCUT2D eigenvalue weighted by Crippen LogP contribution is 2.28. The number of carbonyl (C=O) groups is 2. The monoisotopic (exact) mass is 525 g/mol. The van der Waals surface area contributed by atoms with Crippen molar-refractivity contribution in [1.82, 2.24) is 19.6 Å². The van der Waals surface area contributed by atoms with Crippen molar-refractivity contribution in [1.29, 1.82) is 0 Å². The Bertz CT molecular complexity index is 1360. The molecule has 0 radical (unpaired) electrons. The Balaban J connectivity index is 1.37. The predicted molar refractivity (Wildman–Crippen MR) is 124 cm³/mol. The summed E-state index contributed by atoms with van der Waals surface area (Å²) in [6.07, 6.45) is -0.475. The maximum Gasteiger partial charge on any atom is 0.409 e. The van der Waals surface area contributed by atoms with Gasteiger partial charge in [-0.2, -0.15) is 4.31 Å². The molecular weight excluding hydrogens is 504 g/mol. The number of piperazine rings is 1. The zero-order chi connectivity index (χ0) is 25.2. The Labute approximate surface area is 203 Å². The van der Waals surface area contributed by atoms with Crippen LogP contribution < -0.4 is 10.9 Å². The van der Waals surface area contributed by atoms with Crippen molar-refractivity contribution < 1.29 is 31.5 Å². The average Bonchev–Trinajstić information content (AvgIpc) is 3.26. The Morgan fingerprint density at radius 2 is 1.80 bits per heavy atom. The minimum atomic E-state index is -3.81. The Hall–Kier alpha value is -3.36. The third-order valence-electron chi connectivity index (χ3n) is 5.22. The van der Waals surface area contributed by atoms with Gasteiger partial charge in [-0.15, -0.1) is 0 Å². The van der Waals surface area contributed by atoms with E-state index in [0.717, 1.165) is 23.5 Å². The lowest BCUT2D eigenvalue weighted by Crippen LogP contribution is -2.50. The fraction of sp³-hybridized carbons (Fsp3) is 0.286. The fourth-order valence-corrected chi connectivity index (χ4v) is 5.73. The number of benzene rings is 2. The van der Waals surface area contributed by atoms with Gasteiger partial charge in [0.05, 0.1) is 16.2 Å². The van der Waals surface area contributed by atoms with E-state index in [-0.39, 0.29) is 58.6 Å². The molecule has 1 saturated heterocycles. The average molecular weight is 526 g/mol. The normalized spacial score (nSPS) is 14.7. The molecule has 2 heterocycles. The van der Waals surface area contributed by atoms with Gasteiger partial charge in [0.25, 0.3) is 5.91 Å². The van der Waals surface area contributed by atoms with Crippen molar-refractivity contribution in [2.24, 2.45) is 0 Å². The number of hydrogen-bond acceptors (Lipinski definition) is 8. The molecule has 0 atom stereocenters. The van der Waals surface area contributed by atoms with Gasteiger partial charge in [0, 0.05) is 37.8 Å². The van der Waals surface area contributed by atoms with Crippen LogP contribution in [0.3, 0.4) is 0 Å². The third kappa shape index (κ3) is 5.33. The predicted octanol–water partition coefficient (Wildman–Crippen LogP) is 2.79. The van der Waals surface area contributed by atoms with Crippen molar-refractivity contribution in [2.75, 3.05) is 38.2 Å². The van der Waals surface area contributed by atoms with Gasteiger partial charge in [-0.25, -0.2) is 27.0 Å². The van der Waals surface area contributed by atoms with Gasteiger partial charge in [-0.05, 0) is 37.3 Å². The molecule has 2 amide bonds. The summed E-state index contributed by atoms with van der Waals surface area (Å²) in [6, 6.07) is 7.20. The molecule has 1 aliphatic rings. The second-order valence-corrected chi connectivity index (χ2v) is 10.4. The highest BCUT2D eigenvalue weighted by Gasteiger charge is 2.30. The molecule has 1 fully saturated rings. The minimum Gasteiger partial charge on any atom is -0.450 e. The van der Waals surface area contributed by atoms with Gasteiger partial charge in [-0.1, -0.05) is 11.3 Å². The van der Waals surface area contributed by atoms with Crippen LogP contribution in [-0.4, -0.2) is 67.4 Å². The number of hydrogen-bond donors (Lipinski definition) is 2. The smallest absolute Gasteiger partial charge is 0.409 e. The Kier molecular flexibility index (Phi) is 7.14. The first-order chi connectivity index (χ1) is 16.7. The van der Waals surface area contributed by atoms with E-state index in [9.17, 15) is 26.8 Å². The van der Waals surface area contributed by atoms with Gasteiger partial charge in [0.1, 0.15) is 11.3 Å². The zero-order valence-electron chi connectivity index (χ0n) is 18.5. The van der Waals surface area contributed by atoms with Crippen LogP contribution in [0.15, 0.2) is 41.3 Å². The molecule has 0 saturated carbocycles. The number of nitrogens with one attached hydrogen (secondary N) is 2. The van der Waals surface area contributed by atoms with Crippen LogP contribution in [-0.2, 0) is 14.8 Å². The molecule has 14 heteroatoms. The van der Waals surface area contributed by atoms with Crippen LogP contribution in [0.5, 0.6) is 0 Å². The molecule has 35 heavy (non-hydrogen) atoms. The number of sulfonamides is 1. The van der Waals surface area contributed by atoms with Crippen LogP contribution in [0.4, 0.5) is 18.7 Å². The zero-order valence-corrected chi connectivity index (χ0v) is 20.1. The first-order valence-electron chi connectivity index (χ1n) is 10.5. The number of aromatic nitrogens is 1. The van der Waals surface area contributed by atoms with Crippen LogP contribution in [0, 0.1) is 11.6 Å². The maximum absolute atomic E-state index is 13.8. The number of thiazole rings is 1. The standard InChI is InChI=1S/C21H21F2N5O5S2/c1-2-33-21(30)27-7-9-28(10-8-27)35(31,32)15-5-3-13(4-6-15)19(29)25-26-20-24-18-16(23)11-14(22)12-17(18)34-20/h3-6,11-12H,2,7-10H2,1H3,(H,24,26)(H,25,29). The van der Waals surface area contributed by atoms with E-state index in [1.165, 1.54) is 33.5 Å². The largest absolute Gasteiger partial charge is 0.450 e. The van der Waals surface area contributed by atoms with Crippen LogP contribution in [0.1, 0.15) is 17.3 Å². The molecule has 2 aromatic carbocycles. The number of anilines is 1. The van der Waals surface area contributed by atoms with Gasteiger partial charge in [0.15, 0.2) is 5.82 Å². The molecule has 0 aliphatic carbocycles. The Morgan fingerprint density at radius 3 is 2.46 bits per heavy atom. The molecule has 4 rings (SSSR count). The molecule has 10 nitrogen and oxygen atoms in total. The van der Waals surface area contributed by atoms with Gasteiger partial charge in [0.2, 0.25) is 15.2 Å². The molecule has 186 valence electrons. The quantitative estimate of drug-likeness (QED) is 0.475. The third-order valence-corrected chi connectivity index (χ3v) is 8.05. The molecule has 0 unspecified atom stereocenters. The van der Waals surface area contributed by atoms with E-state index < -0.39 is 33.7 Å². The van der Waals surface area contributed by atoms with E-state index in [1.807, 2.05) is 0 Å². The molecule has 1 aliphatic heterocycles. The fourth-order valence-electron chi connectivity index (χ4n) is 3.45. The van der Waals surface area contributed by atoms with Gasteiger partial charge in [-0.3, -0.25) is 15.6 Å². The van der Waals surface area contributed by atoms with Crippen molar-refractivity contribution in [2.45, 2.75) is 11.8 Å². The van der Waals surface area contributed by atoms with E-state index in [1.54, 1.807) is 6.92 Å². The summed E-state index contributed by atoms with van der Waals surface area (Å²) in [6.45, 7) is 2.62. The molecular formula is C21H21F2N5O5S2. The van der Waals surface area contributed by atoms with Crippen molar-refractivity contribution >= 4 is 48.7 Å². The van der Waals surface area contributed by atoms with Crippen LogP contribution in [0.25, 0.3) is 10.2 Å². The second kappa shape index (κ2) is 10.1. The maximum atomic E-state index is 13.8. The molecule has 0 bridgehead atoms. The number of carbonyl (C=O) groups excluding carboxylic acids is 2. The van der Waals surface area contributed by atoms with Crippen LogP contribution >= 0.6 is 11.3 Å². The number of rotatable bonds is 6. The number of halogens is 2. The van der Waals surface area contributed by atoms with E-state index >= 15 is 0 Å². The second-order valence-electron chi connectivity index (χ2n) is 7.45. The summed E-state index contributed by atoms with van der Waals surface area (Å²) in [5, 5.41) is 0.152. The lowest BCUT2D eigenvalue weighted by Gasteiger charge is -2.33. The topological polar surface area (TPSA) is 121 Å². The highest BCUT2D eigenvalue weighted by molar-refractivity contribution is 7.89. The summed E-state index contributed by atoms with van der Waals surface area (Å²) in [4.78, 5) is 29.7. The van der Waals surface area contributed by atoms with E-state index in [2.05, 4.69) is 15.8 Å². The van der Waals surface area contributed by atoms with Crippen molar-refractivity contribution in [3.8, 4) is 0 Å². The summed E-state index contributed by atoms with van der Waals surface area (Å²) in [7, 11) is -3.81. The van der Waals surface area contributed by atoms with Crippen LogP contribution in [0.2, 0.25) is 0 Å².